The van der Waals surface area contributed by atoms with Gasteiger partial charge in [-0.2, -0.15) is 13.2 Å². The fraction of sp³-hybridized carbons (Fsp3) is 0.391. The highest BCUT2D eigenvalue weighted by molar-refractivity contribution is 6.30. The number of piperazine rings is 1. The molecule has 2 unspecified atom stereocenters. The molecular weight excluding hydrogens is 478 g/mol. The summed E-state index contributed by atoms with van der Waals surface area (Å²) in [5, 5.41) is 11.1. The van der Waals surface area contributed by atoms with E-state index < -0.39 is 35.6 Å². The summed E-state index contributed by atoms with van der Waals surface area (Å²) in [7, 11) is 0. The largest absolute Gasteiger partial charge is 0.419 e. The Morgan fingerprint density at radius 3 is 2.09 bits per heavy atom. The summed E-state index contributed by atoms with van der Waals surface area (Å²) in [6, 6.07) is 8.30. The number of aliphatic hydroxyl groups is 1. The molecule has 0 radical (unpaired) electrons. The average molecular weight is 500 g/mol. The maximum absolute atomic E-state index is 13.6. The lowest BCUT2D eigenvalue weighted by Crippen LogP contribution is -2.54. The molecule has 0 bridgehead atoms. The van der Waals surface area contributed by atoms with Gasteiger partial charge >= 0.3 is 6.18 Å². The van der Waals surface area contributed by atoms with Gasteiger partial charge in [-0.3, -0.25) is 14.5 Å². The number of amides is 2. The molecule has 6 nitrogen and oxygen atoms in total. The number of β-amino-alcohol motifs (C(OH)–C–C–N with tert-alkyl or cyclic N) is 1. The van der Waals surface area contributed by atoms with Crippen LogP contribution >= 0.6 is 11.6 Å². The number of carbonyl (C=O) groups is 2. The Kier molecular flexibility index (Phi) is 6.84. The Morgan fingerprint density at radius 1 is 0.882 bits per heavy atom. The van der Waals surface area contributed by atoms with Gasteiger partial charge in [0, 0.05) is 55.4 Å². The van der Waals surface area contributed by atoms with Crippen LogP contribution in [0.1, 0.15) is 26.3 Å². The van der Waals surface area contributed by atoms with E-state index in [0.29, 0.717) is 48.9 Å². The van der Waals surface area contributed by atoms with Gasteiger partial charge in [0.2, 0.25) is 0 Å². The van der Waals surface area contributed by atoms with Gasteiger partial charge in [-0.25, -0.2) is 4.39 Å². The van der Waals surface area contributed by atoms with Crippen LogP contribution in [0, 0.1) is 5.82 Å². The van der Waals surface area contributed by atoms with Crippen LogP contribution in [0.5, 0.6) is 0 Å². The van der Waals surface area contributed by atoms with Crippen LogP contribution in [0.25, 0.3) is 0 Å². The summed E-state index contributed by atoms with van der Waals surface area (Å²) in [4.78, 5) is 30.4. The zero-order valence-electron chi connectivity index (χ0n) is 17.9. The lowest BCUT2D eigenvalue weighted by atomic mass is 10.1. The van der Waals surface area contributed by atoms with E-state index in [-0.39, 0.29) is 24.6 Å². The van der Waals surface area contributed by atoms with Crippen LogP contribution in [0.2, 0.25) is 5.02 Å². The normalized spacial score (nSPS) is 21.7. The highest BCUT2D eigenvalue weighted by Gasteiger charge is 2.40. The predicted molar refractivity (Wildman–Crippen MR) is 116 cm³/mol. The minimum atomic E-state index is -4.92. The molecule has 34 heavy (non-hydrogen) atoms. The summed E-state index contributed by atoms with van der Waals surface area (Å²) in [6.45, 7) is 1.85. The molecule has 0 aliphatic carbocycles. The third-order valence-corrected chi connectivity index (χ3v) is 6.48. The molecule has 1 N–H and O–H groups in total. The van der Waals surface area contributed by atoms with E-state index in [9.17, 15) is 32.3 Å². The van der Waals surface area contributed by atoms with Gasteiger partial charge in [-0.05, 0) is 42.5 Å². The van der Waals surface area contributed by atoms with Crippen molar-refractivity contribution in [3.05, 3.63) is 70.0 Å². The number of nitrogens with zero attached hydrogens (tertiary/aromatic N) is 3. The minimum absolute atomic E-state index is 0.0495. The van der Waals surface area contributed by atoms with Crippen LogP contribution in [0.15, 0.2) is 42.5 Å². The van der Waals surface area contributed by atoms with E-state index in [1.165, 1.54) is 4.90 Å². The number of hydrogen-bond donors (Lipinski definition) is 1. The molecule has 2 aromatic carbocycles. The van der Waals surface area contributed by atoms with Crippen LogP contribution in [0.4, 0.5) is 17.6 Å². The molecule has 4 rings (SSSR count). The second-order valence-corrected chi connectivity index (χ2v) is 8.81. The molecule has 0 spiro atoms. The van der Waals surface area contributed by atoms with Gasteiger partial charge in [0.1, 0.15) is 5.82 Å². The van der Waals surface area contributed by atoms with Gasteiger partial charge in [-0.15, -0.1) is 0 Å². The first-order chi connectivity index (χ1) is 16.0. The second kappa shape index (κ2) is 9.52. The fourth-order valence-electron chi connectivity index (χ4n) is 4.38. The van der Waals surface area contributed by atoms with Crippen molar-refractivity contribution in [2.24, 2.45) is 0 Å². The summed E-state index contributed by atoms with van der Waals surface area (Å²) >= 11 is 5.87. The zero-order chi connectivity index (χ0) is 24.6. The van der Waals surface area contributed by atoms with E-state index >= 15 is 0 Å². The molecule has 2 amide bonds. The number of carbonyl (C=O) groups excluding carboxylic acids is 2. The minimum Gasteiger partial charge on any atom is -0.390 e. The fourth-order valence-corrected chi connectivity index (χ4v) is 4.51. The standard InChI is InChI=1S/C23H22ClF4N3O3/c24-16-4-1-14(2-5-16)21(33)30-9-7-29(8-10-30)19-12-31(13-20(19)32)22(34)15-3-6-18(25)17(11-15)23(26,27)28/h1-6,11,19-20,32H,7-10,12-13H2. The van der Waals surface area contributed by atoms with Crippen molar-refractivity contribution in [1.29, 1.82) is 0 Å². The Hall–Kier alpha value is -2.69. The Bertz CT molecular complexity index is 1070. The molecule has 2 atom stereocenters. The molecule has 2 fully saturated rings. The van der Waals surface area contributed by atoms with E-state index in [0.717, 1.165) is 6.07 Å². The van der Waals surface area contributed by atoms with Crippen LogP contribution in [-0.4, -0.2) is 83.0 Å². The van der Waals surface area contributed by atoms with Crippen LogP contribution in [-0.2, 0) is 6.18 Å². The van der Waals surface area contributed by atoms with E-state index in [4.69, 9.17) is 11.6 Å². The third kappa shape index (κ3) is 5.03. The number of benzene rings is 2. The number of likely N-dealkylation sites (tertiary alicyclic amines) is 1. The van der Waals surface area contributed by atoms with Crippen molar-refractivity contribution in [3.63, 3.8) is 0 Å². The highest BCUT2D eigenvalue weighted by atomic mass is 35.5. The second-order valence-electron chi connectivity index (χ2n) is 8.37. The van der Waals surface area contributed by atoms with Gasteiger partial charge in [0.15, 0.2) is 0 Å². The molecule has 2 aromatic rings. The van der Waals surface area contributed by atoms with Gasteiger partial charge in [0.05, 0.1) is 17.7 Å². The summed E-state index contributed by atoms with van der Waals surface area (Å²) in [6.07, 6.45) is -5.82. The molecule has 182 valence electrons. The summed E-state index contributed by atoms with van der Waals surface area (Å²) in [5.74, 6) is -2.28. The highest BCUT2D eigenvalue weighted by Crippen LogP contribution is 2.32. The van der Waals surface area contributed by atoms with E-state index in [2.05, 4.69) is 0 Å². The quantitative estimate of drug-likeness (QED) is 0.659. The zero-order valence-corrected chi connectivity index (χ0v) is 18.7. The van der Waals surface area contributed by atoms with Crippen molar-refractivity contribution in [3.8, 4) is 0 Å². The van der Waals surface area contributed by atoms with Crippen molar-refractivity contribution in [2.45, 2.75) is 18.3 Å². The number of rotatable bonds is 3. The van der Waals surface area contributed by atoms with Gasteiger partial charge in [0.25, 0.3) is 11.8 Å². The van der Waals surface area contributed by atoms with Crippen LogP contribution in [0.3, 0.4) is 0 Å². The lowest BCUT2D eigenvalue weighted by molar-refractivity contribution is -0.140. The Balaban J connectivity index is 1.38. The lowest BCUT2D eigenvalue weighted by Gasteiger charge is -2.38. The average Bonchev–Trinajstić information content (AvgIpc) is 3.20. The third-order valence-electron chi connectivity index (χ3n) is 6.23. The molecule has 0 aromatic heterocycles. The molecule has 2 aliphatic heterocycles. The molecule has 2 aliphatic rings. The van der Waals surface area contributed by atoms with Crippen molar-refractivity contribution in [1.82, 2.24) is 14.7 Å². The van der Waals surface area contributed by atoms with Crippen molar-refractivity contribution in [2.75, 3.05) is 39.3 Å². The number of halogens is 5. The smallest absolute Gasteiger partial charge is 0.390 e. The molecule has 0 saturated carbocycles. The first-order valence-corrected chi connectivity index (χ1v) is 11.1. The van der Waals surface area contributed by atoms with Crippen molar-refractivity contribution < 1.29 is 32.3 Å². The molecule has 2 saturated heterocycles. The topological polar surface area (TPSA) is 64.1 Å². The SMILES string of the molecule is O=C(c1ccc(Cl)cc1)N1CCN(C2CN(C(=O)c3ccc(F)c(C(F)(F)F)c3)CC2O)CC1. The molecule has 11 heteroatoms. The first-order valence-electron chi connectivity index (χ1n) is 10.7. The Morgan fingerprint density at radius 2 is 1.47 bits per heavy atom. The monoisotopic (exact) mass is 499 g/mol. The van der Waals surface area contributed by atoms with E-state index in [1.54, 1.807) is 29.2 Å². The summed E-state index contributed by atoms with van der Waals surface area (Å²) < 4.78 is 52.6. The molecule has 2 heterocycles. The Labute approximate surface area is 198 Å². The molecular formula is C23H22ClF4N3O3. The number of aliphatic hydroxyl groups excluding tert-OH is 1. The van der Waals surface area contributed by atoms with Crippen LogP contribution < -0.4 is 0 Å². The van der Waals surface area contributed by atoms with E-state index in [1.807, 2.05) is 4.90 Å². The first kappa shape index (κ1) is 24.4. The number of alkyl halides is 3. The van der Waals surface area contributed by atoms with Gasteiger partial charge < -0.3 is 14.9 Å². The van der Waals surface area contributed by atoms with Gasteiger partial charge in [-0.1, -0.05) is 11.6 Å². The maximum Gasteiger partial charge on any atom is 0.419 e. The predicted octanol–water partition coefficient (Wildman–Crippen LogP) is 3.14. The maximum atomic E-state index is 13.6. The van der Waals surface area contributed by atoms with Crippen molar-refractivity contribution >= 4 is 23.4 Å². The number of hydrogen-bond acceptors (Lipinski definition) is 4. The summed E-state index contributed by atoms with van der Waals surface area (Å²) in [5.41, 5.74) is -1.27.